The molecule has 0 aliphatic heterocycles. The maximum atomic E-state index is 6.16. The summed E-state index contributed by atoms with van der Waals surface area (Å²) in [5.41, 5.74) is 10.2. The van der Waals surface area contributed by atoms with Crippen molar-refractivity contribution < 1.29 is 0 Å². The Labute approximate surface area is 176 Å². The standard InChI is InChI=1S/C20H18ClN5S2/c1-26(2)15-9-7-14(8-10-15)23-20-25-18(22)17(28-20)19-24-16(11-27-19)12-3-5-13(21)6-4-12/h3-11H,22H2,1-2H3,(H,23,25). The second-order valence-electron chi connectivity index (χ2n) is 6.34. The van der Waals surface area contributed by atoms with E-state index in [4.69, 9.17) is 22.3 Å². The Bertz CT molecular complexity index is 1080. The van der Waals surface area contributed by atoms with Crippen LogP contribution in [0.2, 0.25) is 5.02 Å². The molecule has 0 aliphatic rings. The first-order valence-electron chi connectivity index (χ1n) is 8.52. The van der Waals surface area contributed by atoms with Crippen LogP contribution in [0, 0.1) is 0 Å². The molecule has 28 heavy (non-hydrogen) atoms. The molecule has 0 aliphatic carbocycles. The first-order valence-corrected chi connectivity index (χ1v) is 10.6. The van der Waals surface area contributed by atoms with Crippen molar-refractivity contribution in [3.05, 3.63) is 58.9 Å². The lowest BCUT2D eigenvalue weighted by molar-refractivity contribution is 1.13. The molecule has 5 nitrogen and oxygen atoms in total. The number of anilines is 4. The van der Waals surface area contributed by atoms with Crippen LogP contribution in [-0.2, 0) is 0 Å². The Morgan fingerprint density at radius 1 is 1.00 bits per heavy atom. The Morgan fingerprint density at radius 2 is 1.71 bits per heavy atom. The van der Waals surface area contributed by atoms with Gasteiger partial charge in [0.15, 0.2) is 5.13 Å². The van der Waals surface area contributed by atoms with E-state index in [0.29, 0.717) is 10.8 Å². The van der Waals surface area contributed by atoms with Crippen LogP contribution in [0.15, 0.2) is 53.9 Å². The maximum Gasteiger partial charge on any atom is 0.189 e. The minimum atomic E-state index is 0.481. The monoisotopic (exact) mass is 427 g/mol. The highest BCUT2D eigenvalue weighted by molar-refractivity contribution is 7.23. The number of aromatic nitrogens is 2. The topological polar surface area (TPSA) is 67.1 Å². The highest BCUT2D eigenvalue weighted by Gasteiger charge is 2.15. The number of thiazole rings is 2. The number of halogens is 1. The molecule has 2 aromatic heterocycles. The molecule has 0 unspecified atom stereocenters. The fourth-order valence-corrected chi connectivity index (χ4v) is 4.60. The van der Waals surface area contributed by atoms with Crippen LogP contribution in [0.4, 0.5) is 22.3 Å². The molecule has 0 saturated carbocycles. The van der Waals surface area contributed by atoms with Gasteiger partial charge in [0.25, 0.3) is 0 Å². The number of hydrogen-bond donors (Lipinski definition) is 2. The van der Waals surface area contributed by atoms with E-state index in [9.17, 15) is 0 Å². The molecule has 142 valence electrons. The zero-order chi connectivity index (χ0) is 19.7. The van der Waals surface area contributed by atoms with E-state index >= 15 is 0 Å². The average molecular weight is 428 g/mol. The van der Waals surface area contributed by atoms with Gasteiger partial charge in [-0.1, -0.05) is 35.1 Å². The van der Waals surface area contributed by atoms with Crippen LogP contribution >= 0.6 is 34.3 Å². The zero-order valence-electron chi connectivity index (χ0n) is 15.3. The number of nitrogens with two attached hydrogens (primary N) is 1. The summed E-state index contributed by atoms with van der Waals surface area (Å²) in [6, 6.07) is 15.8. The lowest BCUT2D eigenvalue weighted by atomic mass is 10.2. The SMILES string of the molecule is CN(C)c1ccc(Nc2nc(N)c(-c3nc(-c4ccc(Cl)cc4)cs3)s2)cc1. The van der Waals surface area contributed by atoms with E-state index < -0.39 is 0 Å². The van der Waals surface area contributed by atoms with Crippen LogP contribution < -0.4 is 16.0 Å². The van der Waals surface area contributed by atoms with Gasteiger partial charge in [-0.05, 0) is 36.4 Å². The predicted molar refractivity (Wildman–Crippen MR) is 122 cm³/mol. The maximum absolute atomic E-state index is 6.16. The number of nitrogens with zero attached hydrogens (tertiary/aromatic N) is 3. The largest absolute Gasteiger partial charge is 0.382 e. The summed E-state index contributed by atoms with van der Waals surface area (Å²) in [5, 5.41) is 7.65. The van der Waals surface area contributed by atoms with Gasteiger partial charge in [0.1, 0.15) is 15.7 Å². The molecule has 0 fully saturated rings. The Hall–Kier alpha value is -2.61. The number of nitrogen functional groups attached to an aromatic ring is 1. The third-order valence-corrected chi connectivity index (χ3v) is 6.36. The first-order chi connectivity index (χ1) is 13.5. The molecule has 0 amide bonds. The molecule has 0 radical (unpaired) electrons. The molecule has 8 heteroatoms. The number of rotatable bonds is 5. The summed E-state index contributed by atoms with van der Waals surface area (Å²) >= 11 is 9.02. The predicted octanol–water partition coefficient (Wildman–Crippen LogP) is 5.98. The summed E-state index contributed by atoms with van der Waals surface area (Å²) in [5.74, 6) is 0.481. The summed E-state index contributed by atoms with van der Waals surface area (Å²) in [4.78, 5) is 12.1. The van der Waals surface area contributed by atoms with Gasteiger partial charge in [0.2, 0.25) is 0 Å². The minimum Gasteiger partial charge on any atom is -0.382 e. The third kappa shape index (κ3) is 3.96. The molecule has 0 bridgehead atoms. The van der Waals surface area contributed by atoms with E-state index in [-0.39, 0.29) is 0 Å². The van der Waals surface area contributed by atoms with Crippen molar-refractivity contribution in [2.24, 2.45) is 0 Å². The summed E-state index contributed by atoms with van der Waals surface area (Å²) in [6.45, 7) is 0. The Balaban J connectivity index is 1.55. The summed E-state index contributed by atoms with van der Waals surface area (Å²) in [7, 11) is 4.03. The van der Waals surface area contributed by atoms with Crippen molar-refractivity contribution >= 4 is 56.6 Å². The lowest BCUT2D eigenvalue weighted by Crippen LogP contribution is -2.08. The van der Waals surface area contributed by atoms with Gasteiger partial charge in [-0.25, -0.2) is 9.97 Å². The molecule has 4 rings (SSSR count). The lowest BCUT2D eigenvalue weighted by Gasteiger charge is -2.12. The highest BCUT2D eigenvalue weighted by Crippen LogP contribution is 2.39. The number of hydrogen-bond acceptors (Lipinski definition) is 7. The molecule has 4 aromatic rings. The van der Waals surface area contributed by atoms with Crippen LogP contribution in [0.1, 0.15) is 0 Å². The van der Waals surface area contributed by atoms with Gasteiger partial charge in [-0.3, -0.25) is 0 Å². The summed E-state index contributed by atoms with van der Waals surface area (Å²) in [6.07, 6.45) is 0. The van der Waals surface area contributed by atoms with Crippen molar-refractivity contribution in [1.82, 2.24) is 9.97 Å². The Kier molecular flexibility index (Phi) is 5.21. The van der Waals surface area contributed by atoms with Crippen molar-refractivity contribution in [2.75, 3.05) is 30.0 Å². The van der Waals surface area contributed by atoms with Gasteiger partial charge in [-0.2, -0.15) is 0 Å². The van der Waals surface area contributed by atoms with Crippen molar-refractivity contribution in [2.45, 2.75) is 0 Å². The van der Waals surface area contributed by atoms with E-state index in [1.54, 1.807) is 11.3 Å². The van der Waals surface area contributed by atoms with Crippen molar-refractivity contribution in [3.63, 3.8) is 0 Å². The van der Waals surface area contributed by atoms with Gasteiger partial charge in [-0.15, -0.1) is 11.3 Å². The van der Waals surface area contributed by atoms with Gasteiger partial charge in [0, 0.05) is 41.4 Å². The van der Waals surface area contributed by atoms with Crippen molar-refractivity contribution in [3.8, 4) is 21.1 Å². The van der Waals surface area contributed by atoms with E-state index in [1.807, 2.05) is 55.9 Å². The second kappa shape index (κ2) is 7.79. The van der Waals surface area contributed by atoms with E-state index in [1.165, 1.54) is 11.3 Å². The molecule has 2 aromatic carbocycles. The van der Waals surface area contributed by atoms with E-state index in [0.717, 1.165) is 37.6 Å². The molecule has 0 spiro atoms. The molecule has 0 saturated heterocycles. The first kappa shape index (κ1) is 18.7. The van der Waals surface area contributed by atoms with Crippen molar-refractivity contribution in [1.29, 1.82) is 0 Å². The highest BCUT2D eigenvalue weighted by atomic mass is 35.5. The molecule has 2 heterocycles. The minimum absolute atomic E-state index is 0.481. The Morgan fingerprint density at radius 3 is 2.39 bits per heavy atom. The van der Waals surface area contributed by atoms with Gasteiger partial charge in [0.05, 0.1) is 5.69 Å². The molecule has 3 N–H and O–H groups in total. The molecule has 0 atom stereocenters. The third-order valence-electron chi connectivity index (χ3n) is 4.13. The zero-order valence-corrected chi connectivity index (χ0v) is 17.7. The molecular weight excluding hydrogens is 410 g/mol. The fourth-order valence-electron chi connectivity index (χ4n) is 2.64. The van der Waals surface area contributed by atoms with E-state index in [2.05, 4.69) is 27.3 Å². The second-order valence-corrected chi connectivity index (χ2v) is 8.64. The smallest absolute Gasteiger partial charge is 0.189 e. The van der Waals surface area contributed by atoms with Gasteiger partial charge >= 0.3 is 0 Å². The normalized spacial score (nSPS) is 10.8. The average Bonchev–Trinajstić information content (AvgIpc) is 3.29. The molecular formula is C20H18ClN5S2. The van der Waals surface area contributed by atoms with Crippen LogP contribution in [-0.4, -0.2) is 24.1 Å². The summed E-state index contributed by atoms with van der Waals surface area (Å²) < 4.78 is 0. The van der Waals surface area contributed by atoms with Crippen LogP contribution in [0.5, 0.6) is 0 Å². The van der Waals surface area contributed by atoms with Crippen LogP contribution in [0.3, 0.4) is 0 Å². The quantitative estimate of drug-likeness (QED) is 0.410. The van der Waals surface area contributed by atoms with Crippen LogP contribution in [0.25, 0.3) is 21.1 Å². The van der Waals surface area contributed by atoms with Gasteiger partial charge < -0.3 is 16.0 Å². The number of benzene rings is 2. The number of nitrogens with one attached hydrogen (secondary N) is 1. The fraction of sp³-hybridized carbons (Fsp3) is 0.100.